The number of halogens is 1. The number of aromatic amines is 1. The molecule has 0 aromatic carbocycles. The lowest BCUT2D eigenvalue weighted by Gasteiger charge is -2.36. The van der Waals surface area contributed by atoms with Gasteiger partial charge >= 0.3 is 0 Å². The number of nitrogens with one attached hydrogen (secondary N) is 3. The van der Waals surface area contributed by atoms with Crippen molar-refractivity contribution >= 4 is 28.2 Å². The van der Waals surface area contributed by atoms with E-state index >= 15 is 0 Å². The lowest BCUT2D eigenvalue weighted by molar-refractivity contribution is -0.123. The summed E-state index contributed by atoms with van der Waals surface area (Å²) in [6.45, 7) is 7.34. The fourth-order valence-corrected chi connectivity index (χ4v) is 5.90. The summed E-state index contributed by atoms with van der Waals surface area (Å²) in [4.78, 5) is 40.0. The minimum absolute atomic E-state index is 0.0366. The van der Waals surface area contributed by atoms with E-state index in [1.54, 1.807) is 19.2 Å². The molecule has 5 rings (SSSR count). The van der Waals surface area contributed by atoms with E-state index < -0.39 is 17.4 Å². The van der Waals surface area contributed by atoms with Crippen LogP contribution in [0.2, 0.25) is 0 Å². The average molecular weight is 497 g/mol. The van der Waals surface area contributed by atoms with Crippen LogP contribution in [-0.2, 0) is 16.8 Å². The molecule has 35 heavy (non-hydrogen) atoms. The first-order valence-corrected chi connectivity index (χ1v) is 12.8. The molecule has 1 aliphatic carbocycles. The van der Waals surface area contributed by atoms with Crippen molar-refractivity contribution in [2.45, 2.75) is 51.6 Å². The number of thiazole rings is 1. The maximum absolute atomic E-state index is 14.4. The summed E-state index contributed by atoms with van der Waals surface area (Å²) in [6, 6.07) is 2.46. The van der Waals surface area contributed by atoms with Crippen molar-refractivity contribution in [1.82, 2.24) is 25.6 Å². The summed E-state index contributed by atoms with van der Waals surface area (Å²) < 4.78 is 14.4. The molecule has 3 aromatic heterocycles. The SMILES string of the molecule is CCc1c(-c2csc(N3CCNCC3C(=O)NC3(c4ncccc4F)CC3)n2)[nH]c(C)c1C(C)=O. The van der Waals surface area contributed by atoms with Crippen LogP contribution >= 0.6 is 11.3 Å². The number of aromatic nitrogens is 3. The number of hydrogen-bond donors (Lipinski definition) is 3. The van der Waals surface area contributed by atoms with Gasteiger partial charge in [0.1, 0.15) is 23.2 Å². The number of amides is 1. The summed E-state index contributed by atoms with van der Waals surface area (Å²) in [5.74, 6) is -0.527. The maximum atomic E-state index is 14.4. The lowest BCUT2D eigenvalue weighted by Crippen LogP contribution is -2.59. The van der Waals surface area contributed by atoms with Crippen LogP contribution in [0.15, 0.2) is 23.7 Å². The molecule has 2 fully saturated rings. The molecule has 1 atom stereocenters. The zero-order chi connectivity index (χ0) is 24.7. The van der Waals surface area contributed by atoms with Crippen LogP contribution in [0.4, 0.5) is 9.52 Å². The van der Waals surface area contributed by atoms with Gasteiger partial charge in [-0.25, -0.2) is 9.37 Å². The molecular weight excluding hydrogens is 467 g/mol. The number of piperazine rings is 1. The topological polar surface area (TPSA) is 103 Å². The minimum Gasteiger partial charge on any atom is -0.356 e. The lowest BCUT2D eigenvalue weighted by atomic mass is 10.0. The highest BCUT2D eigenvalue weighted by Crippen LogP contribution is 2.45. The van der Waals surface area contributed by atoms with Crippen LogP contribution in [0.5, 0.6) is 0 Å². The second-order valence-corrected chi connectivity index (χ2v) is 10.1. The predicted molar refractivity (Wildman–Crippen MR) is 133 cm³/mol. The van der Waals surface area contributed by atoms with Crippen molar-refractivity contribution in [2.75, 3.05) is 24.5 Å². The number of anilines is 1. The number of H-pyrrole nitrogens is 1. The first-order valence-electron chi connectivity index (χ1n) is 11.9. The Hall–Kier alpha value is -3.11. The molecule has 1 amide bonds. The monoisotopic (exact) mass is 496 g/mol. The first-order chi connectivity index (χ1) is 16.8. The summed E-state index contributed by atoms with van der Waals surface area (Å²) in [7, 11) is 0. The number of carbonyl (C=O) groups is 2. The minimum atomic E-state index is -0.736. The number of hydrogen-bond acceptors (Lipinski definition) is 7. The largest absolute Gasteiger partial charge is 0.356 e. The smallest absolute Gasteiger partial charge is 0.244 e. The standard InChI is InChI=1S/C25H29FN6O2S/c1-4-16-20(15(3)33)14(2)29-21(16)18-13-35-24(30-18)32-11-10-27-12-19(32)23(34)31-25(7-8-25)22-17(26)6-5-9-28-22/h5-6,9,13,19,27,29H,4,7-8,10-12H2,1-3H3,(H,31,34). The van der Waals surface area contributed by atoms with E-state index in [0.717, 1.165) is 39.9 Å². The quantitative estimate of drug-likeness (QED) is 0.434. The Bertz CT molecular complexity index is 1280. The number of Topliss-reactive ketones (excluding diaryl/α,β-unsaturated/α-hetero) is 1. The third-order valence-electron chi connectivity index (χ3n) is 6.86. The number of ketones is 1. The Balaban J connectivity index is 1.40. The van der Waals surface area contributed by atoms with Crippen LogP contribution in [0.25, 0.3) is 11.4 Å². The second-order valence-electron chi connectivity index (χ2n) is 9.22. The van der Waals surface area contributed by atoms with Gasteiger partial charge in [-0.05, 0) is 50.8 Å². The summed E-state index contributed by atoms with van der Waals surface area (Å²) in [5.41, 5.74) is 3.73. The second kappa shape index (κ2) is 9.16. The Morgan fingerprint density at radius 2 is 2.17 bits per heavy atom. The van der Waals surface area contributed by atoms with Crippen LogP contribution in [0.3, 0.4) is 0 Å². The molecule has 10 heteroatoms. The van der Waals surface area contributed by atoms with E-state index in [0.29, 0.717) is 38.0 Å². The van der Waals surface area contributed by atoms with Gasteiger partial charge in [0.25, 0.3) is 0 Å². The van der Waals surface area contributed by atoms with E-state index in [1.165, 1.54) is 17.4 Å². The molecule has 3 N–H and O–H groups in total. The third-order valence-corrected chi connectivity index (χ3v) is 7.74. The zero-order valence-corrected chi connectivity index (χ0v) is 20.9. The van der Waals surface area contributed by atoms with Gasteiger partial charge in [0.05, 0.1) is 11.2 Å². The van der Waals surface area contributed by atoms with Gasteiger partial charge in [0.2, 0.25) is 5.91 Å². The molecule has 4 heterocycles. The molecule has 0 spiro atoms. The van der Waals surface area contributed by atoms with E-state index in [4.69, 9.17) is 4.98 Å². The number of nitrogens with zero attached hydrogens (tertiary/aromatic N) is 3. The Morgan fingerprint density at radius 1 is 1.37 bits per heavy atom. The maximum Gasteiger partial charge on any atom is 0.244 e. The molecule has 1 saturated heterocycles. The van der Waals surface area contributed by atoms with Gasteiger partial charge in [-0.15, -0.1) is 11.3 Å². The van der Waals surface area contributed by atoms with E-state index in [2.05, 4.69) is 20.6 Å². The van der Waals surface area contributed by atoms with Gasteiger partial charge in [-0.1, -0.05) is 6.92 Å². The van der Waals surface area contributed by atoms with Crippen molar-refractivity contribution in [1.29, 1.82) is 0 Å². The van der Waals surface area contributed by atoms with Crippen molar-refractivity contribution in [3.8, 4) is 11.4 Å². The number of carbonyl (C=O) groups excluding carboxylic acids is 2. The average Bonchev–Trinajstić information content (AvgIpc) is 3.30. The number of rotatable bonds is 7. The van der Waals surface area contributed by atoms with Gasteiger partial charge in [0.15, 0.2) is 10.9 Å². The molecule has 2 aliphatic rings. The van der Waals surface area contributed by atoms with Crippen LogP contribution in [0, 0.1) is 12.7 Å². The normalized spacial score (nSPS) is 19.0. The van der Waals surface area contributed by atoms with E-state index in [-0.39, 0.29) is 11.7 Å². The van der Waals surface area contributed by atoms with Gasteiger partial charge in [0, 0.05) is 42.5 Å². The molecule has 1 saturated carbocycles. The highest BCUT2D eigenvalue weighted by atomic mass is 32.1. The van der Waals surface area contributed by atoms with Crippen LogP contribution < -0.4 is 15.5 Å². The number of pyridine rings is 1. The van der Waals surface area contributed by atoms with E-state index in [9.17, 15) is 14.0 Å². The molecule has 3 aromatic rings. The summed E-state index contributed by atoms with van der Waals surface area (Å²) >= 11 is 1.48. The van der Waals surface area contributed by atoms with Crippen molar-refractivity contribution < 1.29 is 14.0 Å². The molecular formula is C25H29FN6O2S. The predicted octanol–water partition coefficient (Wildman–Crippen LogP) is 3.33. The zero-order valence-electron chi connectivity index (χ0n) is 20.1. The Kier molecular flexibility index (Phi) is 6.18. The van der Waals surface area contributed by atoms with Crippen molar-refractivity contribution in [2.24, 2.45) is 0 Å². The molecule has 1 unspecified atom stereocenters. The molecule has 1 aliphatic heterocycles. The molecule has 184 valence electrons. The van der Waals surface area contributed by atoms with Crippen LogP contribution in [0.1, 0.15) is 54.0 Å². The van der Waals surface area contributed by atoms with Gasteiger partial charge in [-0.3, -0.25) is 14.6 Å². The number of aryl methyl sites for hydroxylation is 1. The Labute approximate surface area is 207 Å². The van der Waals surface area contributed by atoms with Gasteiger partial charge < -0.3 is 20.5 Å². The highest BCUT2D eigenvalue weighted by Gasteiger charge is 2.50. The summed E-state index contributed by atoms with van der Waals surface area (Å²) in [5, 5.41) is 9.09. The third kappa shape index (κ3) is 4.25. The van der Waals surface area contributed by atoms with Crippen molar-refractivity contribution in [3.05, 3.63) is 52.0 Å². The highest BCUT2D eigenvalue weighted by molar-refractivity contribution is 7.14. The molecule has 8 nitrogen and oxygen atoms in total. The fraction of sp³-hybridized carbons (Fsp3) is 0.440. The molecule has 0 radical (unpaired) electrons. The first kappa shape index (κ1) is 23.6. The Morgan fingerprint density at radius 3 is 2.86 bits per heavy atom. The van der Waals surface area contributed by atoms with Crippen molar-refractivity contribution in [3.63, 3.8) is 0 Å². The molecule has 0 bridgehead atoms. The van der Waals surface area contributed by atoms with Crippen LogP contribution in [-0.4, -0.2) is 52.3 Å². The van der Waals surface area contributed by atoms with Gasteiger partial charge in [-0.2, -0.15) is 0 Å². The summed E-state index contributed by atoms with van der Waals surface area (Å²) in [6.07, 6.45) is 3.60. The van der Waals surface area contributed by atoms with E-state index in [1.807, 2.05) is 24.1 Å². The fourth-order valence-electron chi connectivity index (χ4n) is 5.01.